The van der Waals surface area contributed by atoms with Crippen LogP contribution in [0.1, 0.15) is 56.3 Å². The van der Waals surface area contributed by atoms with Crippen LogP contribution in [0.3, 0.4) is 0 Å². The summed E-state index contributed by atoms with van der Waals surface area (Å²) in [6, 6.07) is 1.63. The molecule has 0 fully saturated rings. The Morgan fingerprint density at radius 3 is 2.58 bits per heavy atom. The van der Waals surface area contributed by atoms with Crippen molar-refractivity contribution in [2.75, 3.05) is 6.54 Å². The zero-order valence-corrected chi connectivity index (χ0v) is 11.5. The smallest absolute Gasteiger partial charge is 0.303 e. The number of hydrogen-bond acceptors (Lipinski definition) is 4. The third-order valence-electron chi connectivity index (χ3n) is 2.58. The molecule has 0 atom stereocenters. The highest BCUT2D eigenvalue weighted by molar-refractivity contribution is 5.92. The first kappa shape index (κ1) is 15.2. The molecule has 106 valence electrons. The SMILES string of the molecule is CC(C)(C)c1cc(C(=O)NCCCCC(=O)O)no1. The second-order valence-corrected chi connectivity index (χ2v) is 5.43. The Balaban J connectivity index is 2.38. The lowest BCUT2D eigenvalue weighted by Crippen LogP contribution is -2.24. The average molecular weight is 268 g/mol. The van der Waals surface area contributed by atoms with Crippen LogP contribution in [0.4, 0.5) is 0 Å². The van der Waals surface area contributed by atoms with Crippen LogP contribution in [0.15, 0.2) is 10.6 Å². The molecule has 0 bridgehead atoms. The van der Waals surface area contributed by atoms with Gasteiger partial charge in [0.05, 0.1) is 0 Å². The van der Waals surface area contributed by atoms with Gasteiger partial charge in [-0.15, -0.1) is 0 Å². The fourth-order valence-electron chi connectivity index (χ4n) is 1.43. The van der Waals surface area contributed by atoms with Gasteiger partial charge in [-0.05, 0) is 12.8 Å². The van der Waals surface area contributed by atoms with Crippen LogP contribution in [-0.2, 0) is 10.2 Å². The Bertz CT molecular complexity index is 446. The minimum Gasteiger partial charge on any atom is -0.481 e. The molecule has 6 heteroatoms. The molecule has 1 aromatic rings. The first-order chi connectivity index (χ1) is 8.80. The summed E-state index contributed by atoms with van der Waals surface area (Å²) >= 11 is 0. The number of aliphatic carboxylic acids is 1. The maximum absolute atomic E-state index is 11.7. The number of nitrogens with zero attached hydrogens (tertiary/aromatic N) is 1. The van der Waals surface area contributed by atoms with Gasteiger partial charge in [-0.25, -0.2) is 0 Å². The van der Waals surface area contributed by atoms with Crippen LogP contribution in [0.2, 0.25) is 0 Å². The second-order valence-electron chi connectivity index (χ2n) is 5.43. The highest BCUT2D eigenvalue weighted by Crippen LogP contribution is 2.22. The maximum Gasteiger partial charge on any atom is 0.303 e. The van der Waals surface area contributed by atoms with Gasteiger partial charge < -0.3 is 14.9 Å². The standard InChI is InChI=1S/C13H20N2O4/c1-13(2,3)10-8-9(15-19-10)12(18)14-7-5-4-6-11(16)17/h8H,4-7H2,1-3H3,(H,14,18)(H,16,17). The molecule has 1 amide bonds. The fourth-order valence-corrected chi connectivity index (χ4v) is 1.43. The van der Waals surface area contributed by atoms with Crippen molar-refractivity contribution >= 4 is 11.9 Å². The number of hydrogen-bond donors (Lipinski definition) is 2. The van der Waals surface area contributed by atoms with Crippen LogP contribution >= 0.6 is 0 Å². The summed E-state index contributed by atoms with van der Waals surface area (Å²) in [5, 5.41) is 14.9. The number of carbonyl (C=O) groups is 2. The number of nitrogens with one attached hydrogen (secondary N) is 1. The van der Waals surface area contributed by atoms with Crippen molar-refractivity contribution in [3.63, 3.8) is 0 Å². The first-order valence-corrected chi connectivity index (χ1v) is 6.28. The van der Waals surface area contributed by atoms with Gasteiger partial charge in [0.1, 0.15) is 5.76 Å². The fraction of sp³-hybridized carbons (Fsp3) is 0.615. The largest absolute Gasteiger partial charge is 0.481 e. The Morgan fingerprint density at radius 1 is 1.37 bits per heavy atom. The van der Waals surface area contributed by atoms with E-state index in [2.05, 4.69) is 10.5 Å². The van der Waals surface area contributed by atoms with Crippen molar-refractivity contribution in [3.05, 3.63) is 17.5 Å². The molecule has 0 saturated carbocycles. The molecule has 0 aromatic carbocycles. The van der Waals surface area contributed by atoms with E-state index < -0.39 is 5.97 Å². The third-order valence-corrected chi connectivity index (χ3v) is 2.58. The highest BCUT2D eigenvalue weighted by Gasteiger charge is 2.21. The summed E-state index contributed by atoms with van der Waals surface area (Å²) in [5.74, 6) is -0.462. The van der Waals surface area contributed by atoms with Gasteiger partial charge in [0.2, 0.25) is 0 Å². The van der Waals surface area contributed by atoms with Crippen molar-refractivity contribution in [2.24, 2.45) is 0 Å². The molecule has 0 saturated heterocycles. The molecule has 0 radical (unpaired) electrons. The quantitative estimate of drug-likeness (QED) is 0.769. The number of carboxylic acids is 1. The molecule has 0 aliphatic rings. The molecule has 1 heterocycles. The highest BCUT2D eigenvalue weighted by atomic mass is 16.5. The van der Waals surface area contributed by atoms with Gasteiger partial charge in [0.25, 0.3) is 5.91 Å². The minimum absolute atomic E-state index is 0.119. The number of carbonyl (C=O) groups excluding carboxylic acids is 1. The van der Waals surface area contributed by atoms with E-state index in [0.717, 1.165) is 0 Å². The normalized spacial score (nSPS) is 11.3. The monoisotopic (exact) mass is 268 g/mol. The summed E-state index contributed by atoms with van der Waals surface area (Å²) < 4.78 is 5.12. The van der Waals surface area contributed by atoms with Crippen molar-refractivity contribution in [1.82, 2.24) is 10.5 Å². The summed E-state index contributed by atoms with van der Waals surface area (Å²) in [4.78, 5) is 22.0. The second kappa shape index (κ2) is 6.36. The van der Waals surface area contributed by atoms with Gasteiger partial charge in [0.15, 0.2) is 5.69 Å². The molecule has 1 rings (SSSR count). The van der Waals surface area contributed by atoms with E-state index in [9.17, 15) is 9.59 Å². The van der Waals surface area contributed by atoms with Crippen molar-refractivity contribution < 1.29 is 19.2 Å². The molecule has 19 heavy (non-hydrogen) atoms. The predicted molar refractivity (Wildman–Crippen MR) is 69.0 cm³/mol. The maximum atomic E-state index is 11.7. The van der Waals surface area contributed by atoms with Gasteiger partial charge in [-0.1, -0.05) is 25.9 Å². The Morgan fingerprint density at radius 2 is 2.05 bits per heavy atom. The van der Waals surface area contributed by atoms with E-state index in [1.807, 2.05) is 20.8 Å². The molecular weight excluding hydrogens is 248 g/mol. The van der Waals surface area contributed by atoms with Crippen LogP contribution in [-0.4, -0.2) is 28.7 Å². The molecule has 1 aromatic heterocycles. The zero-order chi connectivity index (χ0) is 14.5. The van der Waals surface area contributed by atoms with E-state index in [0.29, 0.717) is 25.1 Å². The number of carboxylic acid groups (broad SMARTS) is 1. The lowest BCUT2D eigenvalue weighted by Gasteiger charge is -2.12. The molecule has 6 nitrogen and oxygen atoms in total. The molecule has 0 spiro atoms. The van der Waals surface area contributed by atoms with Crippen molar-refractivity contribution in [2.45, 2.75) is 45.4 Å². The van der Waals surface area contributed by atoms with E-state index in [1.165, 1.54) is 0 Å². The van der Waals surface area contributed by atoms with Gasteiger partial charge in [-0.2, -0.15) is 0 Å². The zero-order valence-electron chi connectivity index (χ0n) is 11.5. The van der Waals surface area contributed by atoms with Crippen LogP contribution in [0, 0.1) is 0 Å². The summed E-state index contributed by atoms with van der Waals surface area (Å²) in [6.07, 6.45) is 1.29. The van der Waals surface area contributed by atoms with Crippen LogP contribution in [0.25, 0.3) is 0 Å². The minimum atomic E-state index is -0.822. The summed E-state index contributed by atoms with van der Waals surface area (Å²) in [5.41, 5.74) is 0.0654. The van der Waals surface area contributed by atoms with Crippen LogP contribution < -0.4 is 5.32 Å². The van der Waals surface area contributed by atoms with Crippen LogP contribution in [0.5, 0.6) is 0 Å². The average Bonchev–Trinajstić information content (AvgIpc) is 2.76. The van der Waals surface area contributed by atoms with Gasteiger partial charge in [-0.3, -0.25) is 9.59 Å². The van der Waals surface area contributed by atoms with E-state index in [1.54, 1.807) is 6.07 Å². The molecule has 0 aliphatic heterocycles. The van der Waals surface area contributed by atoms with Crippen molar-refractivity contribution in [1.29, 1.82) is 0 Å². The summed E-state index contributed by atoms with van der Waals surface area (Å²) in [7, 11) is 0. The molecule has 0 unspecified atom stereocenters. The Labute approximate surface area is 112 Å². The number of aromatic nitrogens is 1. The number of unbranched alkanes of at least 4 members (excludes halogenated alkanes) is 1. The molecule has 0 aliphatic carbocycles. The number of rotatable bonds is 6. The first-order valence-electron chi connectivity index (χ1n) is 6.28. The predicted octanol–water partition coefficient (Wildman–Crippen LogP) is 1.96. The Kier molecular flexibility index (Phi) is 5.09. The topological polar surface area (TPSA) is 92.4 Å². The van der Waals surface area contributed by atoms with Gasteiger partial charge in [0, 0.05) is 24.4 Å². The molecule has 2 N–H and O–H groups in total. The lowest BCUT2D eigenvalue weighted by molar-refractivity contribution is -0.137. The summed E-state index contributed by atoms with van der Waals surface area (Å²) in [6.45, 7) is 6.35. The van der Waals surface area contributed by atoms with Crippen molar-refractivity contribution in [3.8, 4) is 0 Å². The van der Waals surface area contributed by atoms with E-state index in [-0.39, 0.29) is 23.4 Å². The van der Waals surface area contributed by atoms with E-state index in [4.69, 9.17) is 9.63 Å². The lowest BCUT2D eigenvalue weighted by atomic mass is 9.93. The van der Waals surface area contributed by atoms with E-state index >= 15 is 0 Å². The number of amides is 1. The third kappa shape index (κ3) is 5.11. The molecular formula is C13H20N2O4. The van der Waals surface area contributed by atoms with Gasteiger partial charge >= 0.3 is 5.97 Å². The Hall–Kier alpha value is -1.85.